The van der Waals surface area contributed by atoms with Crippen LogP contribution in [0.5, 0.6) is 11.5 Å². The third kappa shape index (κ3) is 4.41. The second-order valence-corrected chi connectivity index (χ2v) is 7.69. The number of imidazole rings is 1. The van der Waals surface area contributed by atoms with Crippen molar-refractivity contribution in [2.75, 3.05) is 10.6 Å². The van der Waals surface area contributed by atoms with Gasteiger partial charge in [-0.25, -0.2) is 9.78 Å². The molecule has 2 amide bonds. The fraction of sp³-hybridized carbons (Fsp3) is 0. The Morgan fingerprint density at radius 2 is 1.65 bits per heavy atom. The molecule has 0 aliphatic heterocycles. The number of aromatic nitrogens is 2. The van der Waals surface area contributed by atoms with Crippen molar-refractivity contribution in [1.29, 1.82) is 0 Å². The van der Waals surface area contributed by atoms with Gasteiger partial charge in [-0.15, -0.1) is 11.3 Å². The number of carbonyl (C=O) groups is 1. The summed E-state index contributed by atoms with van der Waals surface area (Å²) in [5.74, 6) is 1.46. The van der Waals surface area contributed by atoms with Gasteiger partial charge in [0.25, 0.3) is 0 Å². The standard InChI is InChI=1S/C24H18N4O2S/c29-23(25-18-9-11-21(12-10-18)30-20-7-2-1-3-8-20)26-19-6-4-5-17(15-19)22-16-28-13-14-31-24(28)27-22/h1-16H,(H2,25,26,29). The predicted octanol–water partition coefficient (Wildman–Crippen LogP) is 6.50. The summed E-state index contributed by atoms with van der Waals surface area (Å²) < 4.78 is 7.75. The van der Waals surface area contributed by atoms with Crippen LogP contribution in [0.1, 0.15) is 0 Å². The molecule has 2 aromatic heterocycles. The van der Waals surface area contributed by atoms with E-state index >= 15 is 0 Å². The molecule has 0 unspecified atom stereocenters. The number of fused-ring (bicyclic) bond motifs is 1. The minimum absolute atomic E-state index is 0.320. The van der Waals surface area contributed by atoms with Crippen molar-refractivity contribution in [2.24, 2.45) is 0 Å². The van der Waals surface area contributed by atoms with Crippen molar-refractivity contribution < 1.29 is 9.53 Å². The Kier molecular flexibility index (Phi) is 5.08. The van der Waals surface area contributed by atoms with E-state index in [0.29, 0.717) is 17.1 Å². The molecular weight excluding hydrogens is 408 g/mol. The molecule has 0 saturated carbocycles. The smallest absolute Gasteiger partial charge is 0.323 e. The van der Waals surface area contributed by atoms with E-state index in [1.54, 1.807) is 23.5 Å². The zero-order valence-corrected chi connectivity index (χ0v) is 17.2. The number of ether oxygens (including phenoxy) is 1. The summed E-state index contributed by atoms with van der Waals surface area (Å²) in [4.78, 5) is 18.0. The molecule has 7 heteroatoms. The molecule has 31 heavy (non-hydrogen) atoms. The van der Waals surface area contributed by atoms with E-state index in [9.17, 15) is 4.79 Å². The third-order valence-electron chi connectivity index (χ3n) is 4.60. The number of thiazole rings is 1. The topological polar surface area (TPSA) is 67.7 Å². The van der Waals surface area contributed by atoms with Crippen LogP contribution in [-0.4, -0.2) is 15.4 Å². The van der Waals surface area contributed by atoms with Gasteiger partial charge >= 0.3 is 6.03 Å². The summed E-state index contributed by atoms with van der Waals surface area (Å²) in [6.45, 7) is 0. The maximum atomic E-state index is 12.4. The van der Waals surface area contributed by atoms with Crippen molar-refractivity contribution in [3.05, 3.63) is 96.6 Å². The van der Waals surface area contributed by atoms with E-state index in [1.807, 2.05) is 88.9 Å². The van der Waals surface area contributed by atoms with Gasteiger partial charge in [0.2, 0.25) is 0 Å². The molecular formula is C24H18N4O2S. The molecule has 0 radical (unpaired) electrons. The first kappa shape index (κ1) is 18.9. The molecule has 0 atom stereocenters. The van der Waals surface area contributed by atoms with Crippen molar-refractivity contribution >= 4 is 33.7 Å². The second kappa shape index (κ2) is 8.33. The van der Waals surface area contributed by atoms with E-state index in [0.717, 1.165) is 22.0 Å². The Hall–Kier alpha value is -4.10. The van der Waals surface area contributed by atoms with Gasteiger partial charge in [-0.05, 0) is 48.5 Å². The van der Waals surface area contributed by atoms with Crippen molar-refractivity contribution in [3.8, 4) is 22.8 Å². The Bertz CT molecular complexity index is 1300. The fourth-order valence-electron chi connectivity index (χ4n) is 3.15. The second-order valence-electron chi connectivity index (χ2n) is 6.82. The molecule has 5 aromatic rings. The van der Waals surface area contributed by atoms with Gasteiger partial charge in [-0.1, -0.05) is 30.3 Å². The number of para-hydroxylation sites is 1. The molecule has 3 aromatic carbocycles. The SMILES string of the molecule is O=C(Nc1ccc(Oc2ccccc2)cc1)Nc1cccc(-c2cn3ccsc3n2)c1. The first-order valence-electron chi connectivity index (χ1n) is 9.66. The molecule has 2 heterocycles. The highest BCUT2D eigenvalue weighted by Gasteiger charge is 2.08. The largest absolute Gasteiger partial charge is 0.457 e. The highest BCUT2D eigenvalue weighted by molar-refractivity contribution is 7.15. The van der Waals surface area contributed by atoms with E-state index in [4.69, 9.17) is 4.74 Å². The number of anilines is 2. The van der Waals surface area contributed by atoms with Gasteiger partial charge in [0.15, 0.2) is 4.96 Å². The highest BCUT2D eigenvalue weighted by Crippen LogP contribution is 2.25. The molecule has 0 saturated heterocycles. The van der Waals surface area contributed by atoms with Crippen LogP contribution in [0.25, 0.3) is 16.2 Å². The zero-order chi connectivity index (χ0) is 21.0. The van der Waals surface area contributed by atoms with Gasteiger partial charge < -0.3 is 15.4 Å². The lowest BCUT2D eigenvalue weighted by Crippen LogP contribution is -2.19. The Balaban J connectivity index is 1.23. The Morgan fingerprint density at radius 3 is 2.45 bits per heavy atom. The molecule has 0 aliphatic carbocycles. The number of carbonyl (C=O) groups excluding carboxylic acids is 1. The lowest BCUT2D eigenvalue weighted by atomic mass is 10.1. The average molecular weight is 427 g/mol. The zero-order valence-electron chi connectivity index (χ0n) is 16.4. The maximum absolute atomic E-state index is 12.4. The average Bonchev–Trinajstić information content (AvgIpc) is 3.39. The normalized spacial score (nSPS) is 10.7. The van der Waals surface area contributed by atoms with E-state index in [-0.39, 0.29) is 6.03 Å². The summed E-state index contributed by atoms with van der Waals surface area (Å²) in [7, 11) is 0. The van der Waals surface area contributed by atoms with Gasteiger partial charge in [-0.3, -0.25) is 4.40 Å². The Morgan fingerprint density at radius 1 is 0.871 bits per heavy atom. The lowest BCUT2D eigenvalue weighted by Gasteiger charge is -2.10. The van der Waals surface area contributed by atoms with Gasteiger partial charge in [-0.2, -0.15) is 0 Å². The maximum Gasteiger partial charge on any atom is 0.323 e. The van der Waals surface area contributed by atoms with Gasteiger partial charge in [0, 0.05) is 34.7 Å². The van der Waals surface area contributed by atoms with Crippen molar-refractivity contribution in [2.45, 2.75) is 0 Å². The summed E-state index contributed by atoms with van der Waals surface area (Å²) in [6.07, 6.45) is 3.95. The van der Waals surface area contributed by atoms with Crippen LogP contribution in [0.3, 0.4) is 0 Å². The molecule has 152 valence electrons. The molecule has 0 bridgehead atoms. The lowest BCUT2D eigenvalue weighted by molar-refractivity contribution is 0.262. The predicted molar refractivity (Wildman–Crippen MR) is 124 cm³/mol. The van der Waals surface area contributed by atoms with Crippen molar-refractivity contribution in [1.82, 2.24) is 9.38 Å². The fourth-order valence-corrected chi connectivity index (χ4v) is 3.85. The minimum atomic E-state index is -0.320. The van der Waals surface area contributed by atoms with Crippen LogP contribution in [0.15, 0.2) is 96.6 Å². The monoisotopic (exact) mass is 426 g/mol. The van der Waals surface area contributed by atoms with Crippen LogP contribution in [-0.2, 0) is 0 Å². The summed E-state index contributed by atoms with van der Waals surface area (Å²) in [5.41, 5.74) is 3.17. The number of nitrogens with zero attached hydrogens (tertiary/aromatic N) is 2. The van der Waals surface area contributed by atoms with Crippen LogP contribution in [0.2, 0.25) is 0 Å². The van der Waals surface area contributed by atoms with E-state index in [1.165, 1.54) is 0 Å². The minimum Gasteiger partial charge on any atom is -0.457 e. The quantitative estimate of drug-likeness (QED) is 0.337. The molecule has 0 spiro atoms. The molecule has 2 N–H and O–H groups in total. The van der Waals surface area contributed by atoms with E-state index in [2.05, 4.69) is 15.6 Å². The van der Waals surface area contributed by atoms with Crippen LogP contribution in [0, 0.1) is 0 Å². The summed E-state index contributed by atoms with van der Waals surface area (Å²) >= 11 is 1.58. The third-order valence-corrected chi connectivity index (χ3v) is 5.37. The summed E-state index contributed by atoms with van der Waals surface area (Å²) in [6, 6.07) is 24.1. The van der Waals surface area contributed by atoms with Crippen molar-refractivity contribution in [3.63, 3.8) is 0 Å². The number of urea groups is 1. The first-order valence-corrected chi connectivity index (χ1v) is 10.5. The number of hydrogen-bond donors (Lipinski definition) is 2. The molecule has 5 rings (SSSR count). The number of rotatable bonds is 5. The number of nitrogens with one attached hydrogen (secondary N) is 2. The molecule has 0 fully saturated rings. The van der Waals surface area contributed by atoms with Crippen LogP contribution >= 0.6 is 11.3 Å². The van der Waals surface area contributed by atoms with Crippen LogP contribution in [0.4, 0.5) is 16.2 Å². The summed E-state index contributed by atoms with van der Waals surface area (Å²) in [5, 5.41) is 7.70. The number of benzene rings is 3. The van der Waals surface area contributed by atoms with Gasteiger partial charge in [0.05, 0.1) is 5.69 Å². The Labute approximate surface area is 182 Å². The molecule has 6 nitrogen and oxygen atoms in total. The van der Waals surface area contributed by atoms with E-state index < -0.39 is 0 Å². The number of hydrogen-bond acceptors (Lipinski definition) is 4. The molecule has 0 aliphatic rings. The highest BCUT2D eigenvalue weighted by atomic mass is 32.1. The number of amides is 2. The van der Waals surface area contributed by atoms with Gasteiger partial charge in [0.1, 0.15) is 11.5 Å². The van der Waals surface area contributed by atoms with Crippen LogP contribution < -0.4 is 15.4 Å². The first-order chi connectivity index (χ1) is 15.2.